The molecule has 0 saturated carbocycles. The van der Waals surface area contributed by atoms with Crippen molar-refractivity contribution in [3.8, 4) is 0 Å². The van der Waals surface area contributed by atoms with E-state index in [-0.39, 0.29) is 11.3 Å². The topological polar surface area (TPSA) is 78.0 Å². The van der Waals surface area contributed by atoms with Gasteiger partial charge in [0.1, 0.15) is 0 Å². The number of thioether (sulfide) groups is 2. The summed E-state index contributed by atoms with van der Waals surface area (Å²) < 4.78 is 1.48. The minimum absolute atomic E-state index is 0.0312. The molecule has 1 atom stereocenters. The Balaban J connectivity index is 2.36. The molecule has 92 valence electrons. The number of amides is 1. The van der Waals surface area contributed by atoms with Crippen molar-refractivity contribution >= 4 is 29.4 Å². The monoisotopic (exact) mass is 271 g/mol. The van der Waals surface area contributed by atoms with Gasteiger partial charge in [0.25, 0.3) is 5.56 Å². The molecule has 0 spiro atoms. The number of hydrogen-bond donors (Lipinski definition) is 1. The van der Waals surface area contributed by atoms with Crippen LogP contribution < -0.4 is 11.3 Å². The third-order valence-electron chi connectivity index (χ3n) is 2.42. The maximum Gasteiger partial charge on any atom is 0.267 e. The fourth-order valence-electron chi connectivity index (χ4n) is 1.64. The molecular weight excluding hydrogens is 258 g/mol. The molecule has 1 aromatic heterocycles. The lowest BCUT2D eigenvalue weighted by molar-refractivity contribution is -0.115. The number of fused-ring (bicyclic) bond motifs is 1. The number of carbonyl (C=O) groups is 1. The Morgan fingerprint density at radius 1 is 1.71 bits per heavy atom. The lowest BCUT2D eigenvalue weighted by Gasteiger charge is -2.07. The normalized spacial score (nSPS) is 18.1. The van der Waals surface area contributed by atoms with Crippen molar-refractivity contribution in [1.82, 2.24) is 9.55 Å². The van der Waals surface area contributed by atoms with E-state index in [9.17, 15) is 9.59 Å². The van der Waals surface area contributed by atoms with Crippen molar-refractivity contribution in [2.24, 2.45) is 12.8 Å². The first kappa shape index (κ1) is 12.5. The van der Waals surface area contributed by atoms with Crippen LogP contribution in [0.25, 0.3) is 0 Å². The molecule has 2 N–H and O–H groups in total. The molecule has 7 heteroatoms. The molecule has 1 amide bonds. The standard InChI is InChI=1S/C10H13N3O2S2/c1-5-3-6-8(17-5)9(15)13(2)10(12-6)16-4-7(11)14/h5H,3-4H2,1-2H3,(H2,11,14)/t5-/m1/s1. The molecule has 1 aliphatic heterocycles. The Bertz CT molecular complexity index is 527. The van der Waals surface area contributed by atoms with Crippen molar-refractivity contribution in [1.29, 1.82) is 0 Å². The van der Waals surface area contributed by atoms with E-state index in [0.29, 0.717) is 10.4 Å². The largest absolute Gasteiger partial charge is 0.369 e. The summed E-state index contributed by atoms with van der Waals surface area (Å²) in [7, 11) is 1.67. The second-order valence-electron chi connectivity index (χ2n) is 3.92. The lowest BCUT2D eigenvalue weighted by atomic mass is 10.2. The average Bonchev–Trinajstić information content (AvgIpc) is 2.62. The first-order valence-corrected chi connectivity index (χ1v) is 7.03. The summed E-state index contributed by atoms with van der Waals surface area (Å²) in [5.41, 5.74) is 5.90. The Kier molecular flexibility index (Phi) is 3.48. The molecule has 17 heavy (non-hydrogen) atoms. The summed E-state index contributed by atoms with van der Waals surface area (Å²) in [4.78, 5) is 28.0. The second kappa shape index (κ2) is 4.73. The van der Waals surface area contributed by atoms with Gasteiger partial charge in [0.15, 0.2) is 5.16 Å². The summed E-state index contributed by atoms with van der Waals surface area (Å²) >= 11 is 2.77. The molecule has 5 nitrogen and oxygen atoms in total. The highest BCUT2D eigenvalue weighted by molar-refractivity contribution is 8.00. The number of aromatic nitrogens is 2. The quantitative estimate of drug-likeness (QED) is 0.636. The third kappa shape index (κ3) is 2.50. The van der Waals surface area contributed by atoms with Gasteiger partial charge < -0.3 is 5.73 Å². The first-order valence-electron chi connectivity index (χ1n) is 5.16. The number of primary amides is 1. The zero-order valence-electron chi connectivity index (χ0n) is 9.60. The lowest BCUT2D eigenvalue weighted by Crippen LogP contribution is -2.23. The number of nitrogens with two attached hydrogens (primary N) is 1. The number of hydrogen-bond acceptors (Lipinski definition) is 5. The molecule has 0 unspecified atom stereocenters. The van der Waals surface area contributed by atoms with Crippen LogP contribution in [-0.4, -0.2) is 26.5 Å². The number of carbonyl (C=O) groups excluding carboxylic acids is 1. The van der Waals surface area contributed by atoms with E-state index >= 15 is 0 Å². The molecule has 1 aromatic rings. The van der Waals surface area contributed by atoms with Gasteiger partial charge in [-0.25, -0.2) is 4.98 Å². The fraction of sp³-hybridized carbons (Fsp3) is 0.500. The van der Waals surface area contributed by atoms with Crippen LogP contribution in [-0.2, 0) is 18.3 Å². The minimum Gasteiger partial charge on any atom is -0.369 e. The Hall–Kier alpha value is -0.950. The van der Waals surface area contributed by atoms with Crippen LogP contribution in [0.4, 0.5) is 0 Å². The summed E-state index contributed by atoms with van der Waals surface area (Å²) in [6.45, 7) is 2.07. The maximum absolute atomic E-state index is 12.0. The smallest absolute Gasteiger partial charge is 0.267 e. The number of nitrogens with zero attached hydrogens (tertiary/aromatic N) is 2. The Labute approximate surface area is 107 Å². The zero-order chi connectivity index (χ0) is 12.6. The van der Waals surface area contributed by atoms with Crippen molar-refractivity contribution in [2.45, 2.75) is 28.6 Å². The van der Waals surface area contributed by atoms with E-state index in [2.05, 4.69) is 11.9 Å². The molecular formula is C10H13N3O2S2. The highest BCUT2D eigenvalue weighted by atomic mass is 32.2. The molecule has 0 fully saturated rings. The average molecular weight is 271 g/mol. The van der Waals surface area contributed by atoms with Gasteiger partial charge in [0, 0.05) is 18.7 Å². The van der Waals surface area contributed by atoms with E-state index in [1.165, 1.54) is 16.3 Å². The predicted molar refractivity (Wildman–Crippen MR) is 68.4 cm³/mol. The Morgan fingerprint density at radius 3 is 3.06 bits per heavy atom. The van der Waals surface area contributed by atoms with Crippen molar-refractivity contribution < 1.29 is 4.79 Å². The van der Waals surface area contributed by atoms with Crippen LogP contribution in [0, 0.1) is 0 Å². The van der Waals surface area contributed by atoms with Crippen molar-refractivity contribution in [2.75, 3.05) is 5.75 Å². The summed E-state index contributed by atoms with van der Waals surface area (Å²) in [6, 6.07) is 0. The van der Waals surface area contributed by atoms with Gasteiger partial charge in [0.05, 0.1) is 16.3 Å². The van der Waals surface area contributed by atoms with Gasteiger partial charge in [-0.05, 0) is 0 Å². The third-order valence-corrected chi connectivity index (χ3v) is 4.69. The van der Waals surface area contributed by atoms with E-state index in [0.717, 1.165) is 17.0 Å². The zero-order valence-corrected chi connectivity index (χ0v) is 11.2. The van der Waals surface area contributed by atoms with Gasteiger partial charge >= 0.3 is 0 Å². The Morgan fingerprint density at radius 2 is 2.41 bits per heavy atom. The highest BCUT2D eigenvalue weighted by Gasteiger charge is 2.25. The SMILES string of the molecule is C[C@@H]1Cc2nc(SCC(N)=O)n(C)c(=O)c2S1. The molecule has 0 aliphatic carbocycles. The van der Waals surface area contributed by atoms with Gasteiger partial charge in [0.2, 0.25) is 5.91 Å². The van der Waals surface area contributed by atoms with Gasteiger partial charge in [-0.1, -0.05) is 18.7 Å². The molecule has 0 bridgehead atoms. The summed E-state index contributed by atoms with van der Waals surface area (Å²) in [5.74, 6) is -0.269. The number of rotatable bonds is 3. The van der Waals surface area contributed by atoms with E-state index in [1.807, 2.05) is 0 Å². The summed E-state index contributed by atoms with van der Waals surface area (Å²) in [5, 5.41) is 0.948. The van der Waals surface area contributed by atoms with Crippen LogP contribution in [0.5, 0.6) is 0 Å². The highest BCUT2D eigenvalue weighted by Crippen LogP contribution is 2.33. The van der Waals surface area contributed by atoms with Crippen molar-refractivity contribution in [3.05, 3.63) is 16.0 Å². The summed E-state index contributed by atoms with van der Waals surface area (Å²) in [6.07, 6.45) is 0.806. The second-order valence-corrected chi connectivity index (χ2v) is 6.31. The first-order chi connectivity index (χ1) is 7.99. The van der Waals surface area contributed by atoms with Crippen LogP contribution >= 0.6 is 23.5 Å². The van der Waals surface area contributed by atoms with Crippen LogP contribution in [0.2, 0.25) is 0 Å². The fourth-order valence-corrected chi connectivity index (χ4v) is 3.51. The molecule has 0 aromatic carbocycles. The van der Waals surface area contributed by atoms with Gasteiger partial charge in [-0.15, -0.1) is 11.8 Å². The van der Waals surface area contributed by atoms with Crippen molar-refractivity contribution in [3.63, 3.8) is 0 Å². The molecule has 1 aliphatic rings. The van der Waals surface area contributed by atoms with Crippen LogP contribution in [0.1, 0.15) is 12.6 Å². The molecule has 0 saturated heterocycles. The molecule has 0 radical (unpaired) electrons. The predicted octanol–water partition coefficient (Wildman–Crippen LogP) is 0.394. The van der Waals surface area contributed by atoms with E-state index in [1.54, 1.807) is 18.8 Å². The molecule has 2 heterocycles. The minimum atomic E-state index is -0.410. The van der Waals surface area contributed by atoms with Gasteiger partial charge in [-0.3, -0.25) is 14.2 Å². The van der Waals surface area contributed by atoms with E-state index < -0.39 is 5.91 Å². The maximum atomic E-state index is 12.0. The van der Waals surface area contributed by atoms with Gasteiger partial charge in [-0.2, -0.15) is 0 Å². The van der Waals surface area contributed by atoms with E-state index in [4.69, 9.17) is 5.73 Å². The van der Waals surface area contributed by atoms with Crippen LogP contribution in [0.3, 0.4) is 0 Å². The molecule has 2 rings (SSSR count). The van der Waals surface area contributed by atoms with Crippen LogP contribution in [0.15, 0.2) is 14.8 Å².